The summed E-state index contributed by atoms with van der Waals surface area (Å²) in [6.07, 6.45) is 2.64. The molecule has 2 heterocycles. The van der Waals surface area contributed by atoms with Crippen LogP contribution in [0.25, 0.3) is 0 Å². The fourth-order valence-electron chi connectivity index (χ4n) is 4.00. The Morgan fingerprint density at radius 3 is 2.69 bits per heavy atom. The van der Waals surface area contributed by atoms with Crippen LogP contribution in [-0.2, 0) is 0 Å². The van der Waals surface area contributed by atoms with E-state index in [0.29, 0.717) is 54.0 Å². The van der Waals surface area contributed by atoms with Crippen LogP contribution in [0.2, 0.25) is 0 Å². The summed E-state index contributed by atoms with van der Waals surface area (Å²) >= 11 is 1.44. The summed E-state index contributed by atoms with van der Waals surface area (Å²) in [5.74, 6) is 1.06. The number of amides is 2. The van der Waals surface area contributed by atoms with Crippen LogP contribution >= 0.6 is 11.8 Å². The predicted molar refractivity (Wildman–Crippen MR) is 140 cm³/mol. The molecular weight excluding hydrogens is 478 g/mol. The number of likely N-dealkylation sites (N-methyl/N-ethyl adjacent to an activating group) is 1. The second-order valence-electron chi connectivity index (χ2n) is 8.48. The van der Waals surface area contributed by atoms with E-state index in [2.05, 4.69) is 9.97 Å². The summed E-state index contributed by atoms with van der Waals surface area (Å²) in [5, 5.41) is 9.86. The van der Waals surface area contributed by atoms with Gasteiger partial charge >= 0.3 is 6.09 Å². The molecule has 3 aromatic rings. The maximum absolute atomic E-state index is 13.5. The van der Waals surface area contributed by atoms with E-state index in [9.17, 15) is 14.7 Å². The summed E-state index contributed by atoms with van der Waals surface area (Å²) in [5.41, 5.74) is 2.12. The Morgan fingerprint density at radius 1 is 1.19 bits per heavy atom. The molecule has 1 N–H and O–H groups in total. The van der Waals surface area contributed by atoms with E-state index in [-0.39, 0.29) is 12.0 Å². The molecule has 0 unspecified atom stereocenters. The summed E-state index contributed by atoms with van der Waals surface area (Å²) in [7, 11) is 3.46. The fraction of sp³-hybridized carbons (Fsp3) is 0.308. The average molecular weight is 508 g/mol. The quantitative estimate of drug-likeness (QED) is 0.354. The third-order valence-corrected chi connectivity index (χ3v) is 6.62. The minimum absolute atomic E-state index is 0.165. The molecule has 4 rings (SSSR count). The second kappa shape index (κ2) is 11.3. The number of ether oxygens (including phenoxy) is 1. The lowest BCUT2D eigenvalue weighted by molar-refractivity contribution is 0.0989. The zero-order valence-corrected chi connectivity index (χ0v) is 21.3. The number of nitrogens with zero attached hydrogens (tertiary/aromatic N) is 5. The molecule has 1 aromatic heterocycles. The monoisotopic (exact) mass is 507 g/mol. The van der Waals surface area contributed by atoms with E-state index < -0.39 is 6.09 Å². The van der Waals surface area contributed by atoms with Gasteiger partial charge in [0.1, 0.15) is 23.2 Å². The number of hydrogen-bond donors (Lipinski definition) is 1. The van der Waals surface area contributed by atoms with Crippen LogP contribution in [0.15, 0.2) is 66.0 Å². The smallest absolute Gasteiger partial charge is 0.407 e. The highest BCUT2D eigenvalue weighted by atomic mass is 32.2. The van der Waals surface area contributed by atoms with Crippen molar-refractivity contribution < 1.29 is 19.4 Å². The molecule has 2 amide bonds. The molecule has 1 aliphatic heterocycles. The van der Waals surface area contributed by atoms with Crippen LogP contribution in [-0.4, -0.2) is 72.0 Å². The molecule has 0 spiro atoms. The van der Waals surface area contributed by atoms with Gasteiger partial charge in [-0.15, -0.1) is 0 Å². The molecule has 0 aliphatic carbocycles. The highest BCUT2D eigenvalue weighted by Gasteiger charge is 2.28. The van der Waals surface area contributed by atoms with Crippen LogP contribution in [0.3, 0.4) is 0 Å². The highest BCUT2D eigenvalue weighted by Crippen LogP contribution is 2.31. The summed E-state index contributed by atoms with van der Waals surface area (Å²) in [6.45, 7) is 1.42. The van der Waals surface area contributed by atoms with Gasteiger partial charge in [0.25, 0.3) is 5.91 Å². The van der Waals surface area contributed by atoms with Gasteiger partial charge in [-0.1, -0.05) is 48.2 Å². The number of fused-ring (bicyclic) bond motifs is 1. The Bertz CT molecular complexity index is 1230. The van der Waals surface area contributed by atoms with Gasteiger partial charge in [-0.3, -0.25) is 4.79 Å². The van der Waals surface area contributed by atoms with E-state index in [1.807, 2.05) is 72.8 Å². The molecule has 36 heavy (non-hydrogen) atoms. The predicted octanol–water partition coefficient (Wildman–Crippen LogP) is 4.42. The number of carbonyl (C=O) groups is 2. The van der Waals surface area contributed by atoms with Crippen LogP contribution in [0, 0.1) is 0 Å². The Kier molecular flexibility index (Phi) is 7.94. The molecule has 0 radical (unpaired) electrons. The molecule has 0 saturated heterocycles. The number of carboxylic acid groups (broad SMARTS) is 1. The van der Waals surface area contributed by atoms with Gasteiger partial charge in [-0.25, -0.2) is 14.8 Å². The minimum atomic E-state index is -0.984. The highest BCUT2D eigenvalue weighted by molar-refractivity contribution is 7.98. The third-order valence-electron chi connectivity index (χ3n) is 6.06. The summed E-state index contributed by atoms with van der Waals surface area (Å²) in [6, 6.07) is 17.1. The molecule has 0 fully saturated rings. The van der Waals surface area contributed by atoms with E-state index in [0.717, 1.165) is 5.56 Å². The molecule has 1 aliphatic rings. The van der Waals surface area contributed by atoms with Crippen molar-refractivity contribution in [3.05, 3.63) is 71.9 Å². The van der Waals surface area contributed by atoms with Crippen LogP contribution in [0.4, 0.5) is 16.3 Å². The third kappa shape index (κ3) is 5.71. The molecule has 1 atom stereocenters. The van der Waals surface area contributed by atoms with Crippen molar-refractivity contribution in [2.75, 3.05) is 49.8 Å². The van der Waals surface area contributed by atoms with Gasteiger partial charge in [0.2, 0.25) is 0 Å². The van der Waals surface area contributed by atoms with Crippen molar-refractivity contribution in [1.29, 1.82) is 0 Å². The van der Waals surface area contributed by atoms with Crippen molar-refractivity contribution in [3.63, 3.8) is 0 Å². The minimum Gasteiger partial charge on any atom is -0.486 e. The van der Waals surface area contributed by atoms with Gasteiger partial charge < -0.3 is 24.5 Å². The van der Waals surface area contributed by atoms with Gasteiger partial charge in [0.05, 0.1) is 0 Å². The van der Waals surface area contributed by atoms with Gasteiger partial charge in [-0.2, -0.15) is 0 Å². The number of aromatic nitrogens is 2. The first-order valence-electron chi connectivity index (χ1n) is 11.6. The SMILES string of the molecule is CSc1ncc2c(n1)N(C)CCN(c1cccc(O[C@H](CCN(C)C(=O)O)c3ccccc3)c1)C2=O. The first kappa shape index (κ1) is 25.3. The van der Waals surface area contributed by atoms with E-state index in [1.54, 1.807) is 11.1 Å². The summed E-state index contributed by atoms with van der Waals surface area (Å²) in [4.78, 5) is 38.5. The first-order valence-corrected chi connectivity index (χ1v) is 12.8. The number of carbonyl (C=O) groups excluding carboxylic acids is 1. The Balaban J connectivity index is 1.59. The van der Waals surface area contributed by atoms with Crippen molar-refractivity contribution in [2.45, 2.75) is 17.7 Å². The first-order chi connectivity index (χ1) is 17.4. The average Bonchev–Trinajstić information content (AvgIpc) is 3.02. The number of rotatable bonds is 8. The second-order valence-corrected chi connectivity index (χ2v) is 9.25. The van der Waals surface area contributed by atoms with Crippen molar-refractivity contribution in [3.8, 4) is 5.75 Å². The number of hydrogen-bond acceptors (Lipinski definition) is 7. The topological polar surface area (TPSA) is 99.1 Å². The molecule has 9 nitrogen and oxygen atoms in total. The van der Waals surface area contributed by atoms with Crippen LogP contribution in [0.5, 0.6) is 5.75 Å². The zero-order valence-electron chi connectivity index (χ0n) is 20.5. The van der Waals surface area contributed by atoms with E-state index in [1.165, 1.54) is 23.7 Å². The molecular formula is C26H29N5O4S. The molecule has 10 heteroatoms. The molecule has 2 aromatic carbocycles. The maximum Gasteiger partial charge on any atom is 0.407 e. The van der Waals surface area contributed by atoms with E-state index >= 15 is 0 Å². The fourth-order valence-corrected chi connectivity index (χ4v) is 4.34. The summed E-state index contributed by atoms with van der Waals surface area (Å²) < 4.78 is 6.35. The Morgan fingerprint density at radius 2 is 1.97 bits per heavy atom. The van der Waals surface area contributed by atoms with Crippen molar-refractivity contribution in [2.24, 2.45) is 0 Å². The molecule has 188 valence electrons. The van der Waals surface area contributed by atoms with Crippen LogP contribution in [0.1, 0.15) is 28.4 Å². The Labute approximate surface area is 214 Å². The lowest BCUT2D eigenvalue weighted by Gasteiger charge is -2.24. The Hall–Kier alpha value is -3.79. The lowest BCUT2D eigenvalue weighted by Crippen LogP contribution is -2.33. The standard InChI is InChI=1S/C26H29N5O4S/c1-29-14-15-31(24(32)21-17-27-25(36-3)28-23(21)29)19-10-7-11-20(16-19)35-22(12-13-30(2)26(33)34)18-8-5-4-6-9-18/h4-11,16-17,22H,12-15H2,1-3H3,(H,33,34)/t22-/m1/s1. The van der Waals surface area contributed by atoms with Crippen molar-refractivity contribution >= 4 is 35.3 Å². The number of anilines is 2. The lowest BCUT2D eigenvalue weighted by atomic mass is 10.1. The van der Waals surface area contributed by atoms with Crippen molar-refractivity contribution in [1.82, 2.24) is 14.9 Å². The van der Waals surface area contributed by atoms with Crippen LogP contribution < -0.4 is 14.5 Å². The van der Waals surface area contributed by atoms with Gasteiger partial charge in [0.15, 0.2) is 5.16 Å². The molecule has 0 saturated carbocycles. The zero-order chi connectivity index (χ0) is 25.7. The normalized spacial score (nSPS) is 14.1. The molecule has 0 bridgehead atoms. The maximum atomic E-state index is 13.5. The van der Waals surface area contributed by atoms with Gasteiger partial charge in [0, 0.05) is 58.1 Å². The number of thioether (sulfide) groups is 1. The number of benzene rings is 2. The van der Waals surface area contributed by atoms with Gasteiger partial charge in [-0.05, 0) is 24.0 Å². The van der Waals surface area contributed by atoms with E-state index in [4.69, 9.17) is 4.74 Å². The largest absolute Gasteiger partial charge is 0.486 e.